The molecular weight excluding hydrogens is 254 g/mol. The van der Waals surface area contributed by atoms with Gasteiger partial charge in [0.2, 0.25) is 5.91 Å². The molecule has 20 heavy (non-hydrogen) atoms. The Bertz CT molecular complexity index is 468. The van der Waals surface area contributed by atoms with Crippen molar-refractivity contribution in [3.63, 3.8) is 0 Å². The molecular formula is C16H21NO3. The standard InChI is InChI=1S/C16H21NO3/c1-12(16(19)20)17(14-10-11-14)15(18)9-5-8-13-6-3-2-4-7-13/h2-4,6-7,12,14H,5,8-11H2,1H3,(H,19,20). The first kappa shape index (κ1) is 14.6. The Morgan fingerprint density at radius 3 is 2.50 bits per heavy atom. The fraction of sp³-hybridized carbons (Fsp3) is 0.500. The van der Waals surface area contributed by atoms with Gasteiger partial charge in [-0.25, -0.2) is 4.79 Å². The van der Waals surface area contributed by atoms with Crippen LogP contribution in [0.25, 0.3) is 0 Å². The van der Waals surface area contributed by atoms with E-state index in [1.165, 1.54) is 5.56 Å². The van der Waals surface area contributed by atoms with Crippen LogP contribution in [0.5, 0.6) is 0 Å². The van der Waals surface area contributed by atoms with Crippen molar-refractivity contribution < 1.29 is 14.7 Å². The number of carbonyl (C=O) groups is 2. The fourth-order valence-corrected chi connectivity index (χ4v) is 2.43. The molecule has 4 heteroatoms. The van der Waals surface area contributed by atoms with Gasteiger partial charge in [0.05, 0.1) is 0 Å². The Hall–Kier alpha value is -1.84. The maximum absolute atomic E-state index is 12.2. The zero-order valence-corrected chi connectivity index (χ0v) is 11.8. The third kappa shape index (κ3) is 3.83. The summed E-state index contributed by atoms with van der Waals surface area (Å²) in [4.78, 5) is 24.9. The van der Waals surface area contributed by atoms with Crippen molar-refractivity contribution in [3.05, 3.63) is 35.9 Å². The molecule has 1 aromatic carbocycles. The van der Waals surface area contributed by atoms with Crippen LogP contribution in [0, 0.1) is 0 Å². The number of benzene rings is 1. The average Bonchev–Trinajstić information content (AvgIpc) is 3.24. The molecule has 0 saturated heterocycles. The third-order valence-electron chi connectivity index (χ3n) is 3.70. The Labute approximate surface area is 119 Å². The van der Waals surface area contributed by atoms with Crippen LogP contribution in [-0.4, -0.2) is 34.0 Å². The average molecular weight is 275 g/mol. The van der Waals surface area contributed by atoms with Crippen LogP contribution in [0.3, 0.4) is 0 Å². The Morgan fingerprint density at radius 2 is 1.95 bits per heavy atom. The van der Waals surface area contributed by atoms with E-state index in [9.17, 15) is 9.59 Å². The molecule has 0 heterocycles. The number of rotatable bonds is 7. The van der Waals surface area contributed by atoms with Gasteiger partial charge in [-0.15, -0.1) is 0 Å². The zero-order chi connectivity index (χ0) is 14.5. The molecule has 108 valence electrons. The molecule has 1 fully saturated rings. The minimum absolute atomic E-state index is 0.0293. The second kappa shape index (κ2) is 6.55. The number of aliphatic carboxylic acids is 1. The summed E-state index contributed by atoms with van der Waals surface area (Å²) in [5.74, 6) is -0.952. The predicted octanol–water partition coefficient (Wildman–Crippen LogP) is 2.47. The number of carbonyl (C=O) groups excluding carboxylic acids is 1. The smallest absolute Gasteiger partial charge is 0.326 e. The monoisotopic (exact) mass is 275 g/mol. The molecule has 0 spiro atoms. The van der Waals surface area contributed by atoms with Crippen molar-refractivity contribution in [1.82, 2.24) is 4.90 Å². The van der Waals surface area contributed by atoms with Crippen molar-refractivity contribution in [1.29, 1.82) is 0 Å². The van der Waals surface area contributed by atoms with E-state index in [0.717, 1.165) is 25.7 Å². The van der Waals surface area contributed by atoms with Gasteiger partial charge in [0.15, 0.2) is 0 Å². The highest BCUT2D eigenvalue weighted by atomic mass is 16.4. The minimum atomic E-state index is -0.923. The van der Waals surface area contributed by atoms with Crippen LogP contribution >= 0.6 is 0 Å². The summed E-state index contributed by atoms with van der Waals surface area (Å²) < 4.78 is 0. The first-order chi connectivity index (χ1) is 9.59. The van der Waals surface area contributed by atoms with E-state index in [0.29, 0.717) is 6.42 Å². The molecule has 2 rings (SSSR count). The van der Waals surface area contributed by atoms with Gasteiger partial charge in [0.1, 0.15) is 6.04 Å². The highest BCUT2D eigenvalue weighted by Crippen LogP contribution is 2.29. The van der Waals surface area contributed by atoms with E-state index in [-0.39, 0.29) is 11.9 Å². The summed E-state index contributed by atoms with van der Waals surface area (Å²) >= 11 is 0. The lowest BCUT2D eigenvalue weighted by Gasteiger charge is -2.26. The zero-order valence-electron chi connectivity index (χ0n) is 11.8. The van der Waals surface area contributed by atoms with Crippen molar-refractivity contribution >= 4 is 11.9 Å². The largest absolute Gasteiger partial charge is 0.480 e. The minimum Gasteiger partial charge on any atom is -0.480 e. The second-order valence-electron chi connectivity index (χ2n) is 5.39. The summed E-state index contributed by atoms with van der Waals surface area (Å²) in [6.07, 6.45) is 3.90. The van der Waals surface area contributed by atoms with Crippen LogP contribution in [0.2, 0.25) is 0 Å². The molecule has 1 aliphatic carbocycles. The molecule has 1 atom stereocenters. The molecule has 1 saturated carbocycles. The van der Waals surface area contributed by atoms with Crippen LogP contribution in [0.15, 0.2) is 30.3 Å². The number of nitrogens with zero attached hydrogens (tertiary/aromatic N) is 1. The lowest BCUT2D eigenvalue weighted by Crippen LogP contribution is -2.44. The van der Waals surface area contributed by atoms with Crippen LogP contribution in [0.4, 0.5) is 0 Å². The molecule has 1 amide bonds. The number of amides is 1. The van der Waals surface area contributed by atoms with Crippen LogP contribution < -0.4 is 0 Å². The van der Waals surface area contributed by atoms with Gasteiger partial charge in [0, 0.05) is 12.5 Å². The molecule has 1 aromatic rings. The Morgan fingerprint density at radius 1 is 1.30 bits per heavy atom. The number of carboxylic acids is 1. The van der Waals surface area contributed by atoms with Gasteiger partial charge < -0.3 is 10.0 Å². The number of hydrogen-bond acceptors (Lipinski definition) is 2. The quantitative estimate of drug-likeness (QED) is 0.831. The van der Waals surface area contributed by atoms with E-state index < -0.39 is 12.0 Å². The Balaban J connectivity index is 1.84. The molecule has 1 N–H and O–H groups in total. The number of hydrogen-bond donors (Lipinski definition) is 1. The van der Waals surface area contributed by atoms with Gasteiger partial charge in [0.25, 0.3) is 0 Å². The molecule has 1 aliphatic rings. The van der Waals surface area contributed by atoms with Gasteiger partial charge in [-0.1, -0.05) is 30.3 Å². The molecule has 0 aliphatic heterocycles. The van der Waals surface area contributed by atoms with Gasteiger partial charge in [-0.2, -0.15) is 0 Å². The van der Waals surface area contributed by atoms with Crippen molar-refractivity contribution in [2.45, 2.75) is 51.1 Å². The second-order valence-corrected chi connectivity index (χ2v) is 5.39. The summed E-state index contributed by atoms with van der Waals surface area (Å²) in [7, 11) is 0. The molecule has 1 unspecified atom stereocenters. The lowest BCUT2D eigenvalue weighted by molar-refractivity contribution is -0.150. The topological polar surface area (TPSA) is 57.6 Å². The summed E-state index contributed by atoms with van der Waals surface area (Å²) in [5, 5.41) is 9.09. The summed E-state index contributed by atoms with van der Waals surface area (Å²) in [6.45, 7) is 1.59. The van der Waals surface area contributed by atoms with E-state index in [1.54, 1.807) is 11.8 Å². The van der Waals surface area contributed by atoms with Crippen molar-refractivity contribution in [2.75, 3.05) is 0 Å². The maximum atomic E-state index is 12.2. The fourth-order valence-electron chi connectivity index (χ4n) is 2.43. The highest BCUT2D eigenvalue weighted by Gasteiger charge is 2.37. The molecule has 4 nitrogen and oxygen atoms in total. The molecule has 0 radical (unpaired) electrons. The van der Waals surface area contributed by atoms with Crippen LogP contribution in [0.1, 0.15) is 38.2 Å². The SMILES string of the molecule is CC(C(=O)O)N(C(=O)CCCc1ccccc1)C1CC1. The van der Waals surface area contributed by atoms with Crippen molar-refractivity contribution in [3.8, 4) is 0 Å². The Kier molecular flexibility index (Phi) is 4.77. The van der Waals surface area contributed by atoms with E-state index in [4.69, 9.17) is 5.11 Å². The molecule has 0 bridgehead atoms. The number of aryl methyl sites for hydroxylation is 1. The normalized spacial score (nSPS) is 15.7. The van der Waals surface area contributed by atoms with E-state index in [1.807, 2.05) is 30.3 Å². The van der Waals surface area contributed by atoms with E-state index in [2.05, 4.69) is 0 Å². The predicted molar refractivity (Wildman–Crippen MR) is 76.3 cm³/mol. The summed E-state index contributed by atoms with van der Waals surface area (Å²) in [5.41, 5.74) is 1.21. The van der Waals surface area contributed by atoms with Crippen molar-refractivity contribution in [2.24, 2.45) is 0 Å². The lowest BCUT2D eigenvalue weighted by atomic mass is 10.1. The first-order valence-corrected chi connectivity index (χ1v) is 7.17. The first-order valence-electron chi connectivity index (χ1n) is 7.17. The van der Waals surface area contributed by atoms with Gasteiger partial charge in [-0.3, -0.25) is 4.79 Å². The molecule has 0 aromatic heterocycles. The number of carboxylic acid groups (broad SMARTS) is 1. The van der Waals surface area contributed by atoms with Crippen LogP contribution in [-0.2, 0) is 16.0 Å². The third-order valence-corrected chi connectivity index (χ3v) is 3.70. The van der Waals surface area contributed by atoms with E-state index >= 15 is 0 Å². The van der Waals surface area contributed by atoms with Gasteiger partial charge >= 0.3 is 5.97 Å². The summed E-state index contributed by atoms with van der Waals surface area (Å²) in [6, 6.07) is 9.46. The van der Waals surface area contributed by atoms with Gasteiger partial charge in [-0.05, 0) is 38.2 Å². The highest BCUT2D eigenvalue weighted by molar-refractivity contribution is 5.84. The maximum Gasteiger partial charge on any atom is 0.326 e.